The van der Waals surface area contributed by atoms with Crippen LogP contribution in [0.3, 0.4) is 0 Å². The van der Waals surface area contributed by atoms with E-state index >= 15 is 0 Å². The maximum absolute atomic E-state index is 12.9. The van der Waals surface area contributed by atoms with Crippen molar-refractivity contribution < 1.29 is 18.4 Å². The van der Waals surface area contributed by atoms with Crippen molar-refractivity contribution in [3.63, 3.8) is 0 Å². The van der Waals surface area contributed by atoms with Gasteiger partial charge in [0.15, 0.2) is 11.1 Å². The molecule has 2 rings (SSSR count). The van der Waals surface area contributed by atoms with Gasteiger partial charge in [0.1, 0.15) is 0 Å². The number of Topliss-reactive ketones (excluding diaryl/α,β-unsaturated/α-hetero) is 1. The zero-order valence-corrected chi connectivity index (χ0v) is 13.1. The summed E-state index contributed by atoms with van der Waals surface area (Å²) in [5.74, 6) is -0.178. The summed E-state index contributed by atoms with van der Waals surface area (Å²) in [6.45, 7) is 3.66. The van der Waals surface area contributed by atoms with Crippen molar-refractivity contribution in [1.82, 2.24) is 5.32 Å². The van der Waals surface area contributed by atoms with Gasteiger partial charge in [-0.1, -0.05) is 36.4 Å². The number of hydrogen-bond acceptors (Lipinski definition) is 5. The Morgan fingerprint density at radius 1 is 1.38 bits per heavy atom. The number of nitrogens with one attached hydrogen (secondary N) is 1. The van der Waals surface area contributed by atoms with E-state index < -0.39 is 12.9 Å². The first kappa shape index (κ1) is 16.1. The molecule has 2 atom stereocenters. The monoisotopic (exact) mass is 309 g/mol. The second-order valence-electron chi connectivity index (χ2n) is 4.95. The molecule has 0 bridgehead atoms. The molecule has 0 unspecified atom stereocenters. The lowest BCUT2D eigenvalue weighted by molar-refractivity contribution is -0.120. The van der Waals surface area contributed by atoms with Crippen LogP contribution in [0.2, 0.25) is 0 Å². The van der Waals surface area contributed by atoms with Gasteiger partial charge in [-0.05, 0) is 5.56 Å². The van der Waals surface area contributed by atoms with Crippen LogP contribution in [0.4, 0.5) is 0 Å². The molecule has 0 amide bonds. The standard InChI is InChI=1S/C15H20NO4P/c1-4-10-15(21(18,19-2)20-3)14(17)11-13(16-15)12-8-6-5-7-9-12/h4-9,13,16H,1,10-11H2,2-3H3/t13-,15-/m1/s1. The Bertz CT molecular complexity index is 566. The molecule has 21 heavy (non-hydrogen) atoms. The highest BCUT2D eigenvalue weighted by atomic mass is 31.2. The van der Waals surface area contributed by atoms with E-state index in [1.54, 1.807) is 6.08 Å². The van der Waals surface area contributed by atoms with Gasteiger partial charge in [-0.2, -0.15) is 0 Å². The maximum Gasteiger partial charge on any atom is 0.357 e. The molecule has 1 aliphatic rings. The average molecular weight is 309 g/mol. The van der Waals surface area contributed by atoms with Crippen LogP contribution in [-0.2, 0) is 18.4 Å². The molecule has 0 aromatic heterocycles. The highest BCUT2D eigenvalue weighted by Crippen LogP contribution is 2.62. The average Bonchev–Trinajstić information content (AvgIpc) is 2.86. The number of ketones is 1. The normalized spacial score (nSPS) is 26.0. The van der Waals surface area contributed by atoms with Crippen molar-refractivity contribution in [2.24, 2.45) is 0 Å². The van der Waals surface area contributed by atoms with Gasteiger partial charge in [-0.15, -0.1) is 6.58 Å². The van der Waals surface area contributed by atoms with Gasteiger partial charge in [0.05, 0.1) is 0 Å². The van der Waals surface area contributed by atoms with Crippen molar-refractivity contribution in [3.05, 3.63) is 48.6 Å². The van der Waals surface area contributed by atoms with Crippen LogP contribution in [0, 0.1) is 0 Å². The number of rotatable bonds is 6. The first-order valence-electron chi connectivity index (χ1n) is 6.71. The Labute approximate surface area is 124 Å². The van der Waals surface area contributed by atoms with Gasteiger partial charge in [0.2, 0.25) is 0 Å². The first-order chi connectivity index (χ1) is 10.0. The number of carbonyl (C=O) groups excluding carboxylic acids is 1. The minimum absolute atomic E-state index is 0.178. The van der Waals surface area contributed by atoms with Gasteiger partial charge in [0, 0.05) is 33.1 Å². The molecule has 0 aliphatic carbocycles. The van der Waals surface area contributed by atoms with Crippen molar-refractivity contribution in [2.75, 3.05) is 14.2 Å². The van der Waals surface area contributed by atoms with E-state index in [9.17, 15) is 9.36 Å². The van der Waals surface area contributed by atoms with Crippen LogP contribution in [0.1, 0.15) is 24.4 Å². The van der Waals surface area contributed by atoms with Crippen LogP contribution >= 0.6 is 7.60 Å². The maximum atomic E-state index is 12.9. The summed E-state index contributed by atoms with van der Waals surface area (Å²) in [7, 11) is -1.04. The Morgan fingerprint density at radius 2 is 2.00 bits per heavy atom. The minimum atomic E-state index is -3.62. The van der Waals surface area contributed by atoms with Crippen molar-refractivity contribution >= 4 is 13.4 Å². The lowest BCUT2D eigenvalue weighted by Gasteiger charge is -2.33. The molecule has 1 N–H and O–H groups in total. The lowest BCUT2D eigenvalue weighted by Crippen LogP contribution is -2.45. The molecule has 114 valence electrons. The van der Waals surface area contributed by atoms with Gasteiger partial charge >= 0.3 is 7.60 Å². The number of benzene rings is 1. The van der Waals surface area contributed by atoms with E-state index in [-0.39, 0.29) is 24.7 Å². The molecular weight excluding hydrogens is 289 g/mol. The fourth-order valence-electron chi connectivity index (χ4n) is 2.77. The molecule has 1 aromatic rings. The van der Waals surface area contributed by atoms with E-state index in [0.29, 0.717) is 0 Å². The molecule has 6 heteroatoms. The van der Waals surface area contributed by atoms with Crippen molar-refractivity contribution in [1.29, 1.82) is 0 Å². The Kier molecular flexibility index (Phi) is 4.79. The number of carbonyl (C=O) groups is 1. The predicted molar refractivity (Wildman–Crippen MR) is 81.1 cm³/mol. The van der Waals surface area contributed by atoms with Crippen LogP contribution < -0.4 is 5.32 Å². The topological polar surface area (TPSA) is 64.6 Å². The summed E-state index contributed by atoms with van der Waals surface area (Å²) >= 11 is 0. The third-order valence-electron chi connectivity index (χ3n) is 3.85. The van der Waals surface area contributed by atoms with E-state index in [0.717, 1.165) is 5.56 Å². The Hall–Kier alpha value is -1.26. The van der Waals surface area contributed by atoms with Crippen molar-refractivity contribution in [3.8, 4) is 0 Å². The quantitative estimate of drug-likeness (QED) is 0.646. The van der Waals surface area contributed by atoms with Gasteiger partial charge in [-0.3, -0.25) is 14.7 Å². The molecule has 1 aliphatic heterocycles. The van der Waals surface area contributed by atoms with Crippen LogP contribution in [-0.4, -0.2) is 25.3 Å². The van der Waals surface area contributed by atoms with E-state index in [1.807, 2.05) is 30.3 Å². The molecule has 1 fully saturated rings. The fourth-order valence-corrected chi connectivity index (χ4v) is 4.61. The Balaban J connectivity index is 2.42. The summed E-state index contributed by atoms with van der Waals surface area (Å²) in [6.07, 6.45) is 1.99. The molecule has 1 aromatic carbocycles. The van der Waals surface area contributed by atoms with E-state index in [4.69, 9.17) is 9.05 Å². The summed E-state index contributed by atoms with van der Waals surface area (Å²) < 4.78 is 23.0. The number of hydrogen-bond donors (Lipinski definition) is 1. The molecule has 0 spiro atoms. The molecule has 5 nitrogen and oxygen atoms in total. The van der Waals surface area contributed by atoms with Crippen molar-refractivity contribution in [2.45, 2.75) is 24.2 Å². The summed E-state index contributed by atoms with van der Waals surface area (Å²) in [5.41, 5.74) is 0.968. The predicted octanol–water partition coefficient (Wildman–Crippen LogP) is 3.05. The van der Waals surface area contributed by atoms with E-state index in [2.05, 4.69) is 11.9 Å². The summed E-state index contributed by atoms with van der Waals surface area (Å²) in [5, 5.41) is 1.82. The zero-order valence-electron chi connectivity index (χ0n) is 12.2. The van der Waals surface area contributed by atoms with E-state index in [1.165, 1.54) is 14.2 Å². The van der Waals surface area contributed by atoms with Gasteiger partial charge in [-0.25, -0.2) is 0 Å². The third-order valence-corrected chi connectivity index (χ3v) is 6.31. The zero-order chi connectivity index (χ0) is 15.5. The van der Waals surface area contributed by atoms with Crippen LogP contribution in [0.15, 0.2) is 43.0 Å². The molecule has 1 saturated heterocycles. The SMILES string of the molecule is C=CC[C@]1(P(=O)(OC)OC)N[C@@H](c2ccccc2)CC1=O. The molecular formula is C15H20NO4P. The highest BCUT2D eigenvalue weighted by molar-refractivity contribution is 7.56. The van der Waals surface area contributed by atoms with Crippen LogP contribution in [0.5, 0.6) is 0 Å². The third kappa shape index (κ3) is 2.62. The lowest BCUT2D eigenvalue weighted by atomic mass is 10.0. The summed E-state index contributed by atoms with van der Waals surface area (Å²) in [6, 6.07) is 9.37. The molecule has 1 heterocycles. The molecule has 0 radical (unpaired) electrons. The Morgan fingerprint density at radius 3 is 2.52 bits per heavy atom. The second kappa shape index (κ2) is 6.24. The molecule has 0 saturated carbocycles. The minimum Gasteiger partial charge on any atom is -0.310 e. The summed E-state index contributed by atoms with van der Waals surface area (Å²) in [4.78, 5) is 12.6. The second-order valence-corrected chi connectivity index (χ2v) is 7.44. The van der Waals surface area contributed by atoms with Gasteiger partial charge in [0.25, 0.3) is 0 Å². The smallest absolute Gasteiger partial charge is 0.310 e. The largest absolute Gasteiger partial charge is 0.357 e. The van der Waals surface area contributed by atoms with Crippen LogP contribution in [0.25, 0.3) is 0 Å². The first-order valence-corrected chi connectivity index (χ1v) is 8.25. The van der Waals surface area contributed by atoms with Gasteiger partial charge < -0.3 is 9.05 Å². The fraction of sp³-hybridized carbons (Fsp3) is 0.400. The highest BCUT2D eigenvalue weighted by Gasteiger charge is 2.59.